The molecule has 0 saturated heterocycles. The summed E-state index contributed by atoms with van der Waals surface area (Å²) in [6.45, 7) is 2.71. The Hall–Kier alpha value is -1.26. The van der Waals surface area contributed by atoms with E-state index in [0.717, 1.165) is 0 Å². The molecule has 17 heavy (non-hydrogen) atoms. The van der Waals surface area contributed by atoms with Crippen molar-refractivity contribution in [1.82, 2.24) is 9.78 Å². The first-order chi connectivity index (χ1) is 8.19. The van der Waals surface area contributed by atoms with Crippen molar-refractivity contribution in [3.63, 3.8) is 0 Å². The zero-order valence-corrected chi connectivity index (χ0v) is 10.9. The Labute approximate surface area is 106 Å². The Morgan fingerprint density at radius 1 is 1.35 bits per heavy atom. The van der Waals surface area contributed by atoms with Crippen molar-refractivity contribution in [1.29, 1.82) is 0 Å². The molecule has 1 aromatic carbocycles. The maximum Gasteiger partial charge on any atom is 0.0533 e. The predicted octanol–water partition coefficient (Wildman–Crippen LogP) is 2.52. The molecule has 1 unspecified atom stereocenters. The number of benzene rings is 1. The molecule has 0 saturated carbocycles. The van der Waals surface area contributed by atoms with E-state index in [2.05, 4.69) is 36.3 Å². The van der Waals surface area contributed by atoms with Gasteiger partial charge in [0.25, 0.3) is 0 Å². The third kappa shape index (κ3) is 3.11. The zero-order valence-electron chi connectivity index (χ0n) is 10.1. The second-order valence-electron chi connectivity index (χ2n) is 4.10. The van der Waals surface area contributed by atoms with Gasteiger partial charge in [-0.05, 0) is 19.1 Å². The fraction of sp³-hybridized carbons (Fsp3) is 0.308. The molecule has 2 aromatic rings. The van der Waals surface area contributed by atoms with Crippen LogP contribution in [0.3, 0.4) is 0 Å². The second-order valence-corrected chi connectivity index (χ2v) is 5.38. The number of aromatic nitrogens is 2. The van der Waals surface area contributed by atoms with E-state index in [1.165, 1.54) is 16.0 Å². The van der Waals surface area contributed by atoms with Crippen LogP contribution >= 0.6 is 11.8 Å². The van der Waals surface area contributed by atoms with Crippen LogP contribution in [0.5, 0.6) is 0 Å². The van der Waals surface area contributed by atoms with Gasteiger partial charge in [0.2, 0.25) is 0 Å². The summed E-state index contributed by atoms with van der Waals surface area (Å²) >= 11 is 1.79. The summed E-state index contributed by atoms with van der Waals surface area (Å²) in [6.07, 6.45) is 3.91. The van der Waals surface area contributed by atoms with Crippen molar-refractivity contribution >= 4 is 11.8 Å². The van der Waals surface area contributed by atoms with E-state index in [1.54, 1.807) is 11.8 Å². The average Bonchev–Trinajstić information content (AvgIpc) is 2.75. The van der Waals surface area contributed by atoms with E-state index in [4.69, 9.17) is 5.73 Å². The molecule has 0 aliphatic rings. The molecule has 4 heteroatoms. The maximum atomic E-state index is 5.83. The van der Waals surface area contributed by atoms with Crippen LogP contribution in [0.1, 0.15) is 16.4 Å². The monoisotopic (exact) mass is 247 g/mol. The van der Waals surface area contributed by atoms with Crippen molar-refractivity contribution in [3.8, 4) is 0 Å². The molecule has 0 radical (unpaired) electrons. The number of nitrogens with two attached hydrogens (primary N) is 1. The van der Waals surface area contributed by atoms with Crippen LogP contribution in [0, 0.1) is 6.92 Å². The van der Waals surface area contributed by atoms with Crippen LogP contribution in [0.15, 0.2) is 41.6 Å². The Morgan fingerprint density at radius 2 is 2.06 bits per heavy atom. The van der Waals surface area contributed by atoms with Gasteiger partial charge < -0.3 is 5.73 Å². The Balaban J connectivity index is 2.12. The maximum absolute atomic E-state index is 5.83. The van der Waals surface area contributed by atoms with Gasteiger partial charge >= 0.3 is 0 Å². The molecule has 1 aromatic heterocycles. The van der Waals surface area contributed by atoms with E-state index < -0.39 is 0 Å². The predicted molar refractivity (Wildman–Crippen MR) is 72.0 cm³/mol. The van der Waals surface area contributed by atoms with Crippen LogP contribution in [0.25, 0.3) is 0 Å². The molecule has 0 amide bonds. The summed E-state index contributed by atoms with van der Waals surface area (Å²) in [7, 11) is 1.92. The Morgan fingerprint density at radius 3 is 2.59 bits per heavy atom. The molecular formula is C13H17N3S. The number of thioether (sulfide) groups is 1. The highest BCUT2D eigenvalue weighted by Crippen LogP contribution is 2.34. The highest BCUT2D eigenvalue weighted by atomic mass is 32.2. The zero-order chi connectivity index (χ0) is 12.3. The van der Waals surface area contributed by atoms with Crippen molar-refractivity contribution in [3.05, 3.63) is 47.8 Å². The van der Waals surface area contributed by atoms with Gasteiger partial charge in [0.1, 0.15) is 0 Å². The van der Waals surface area contributed by atoms with Crippen LogP contribution in [-0.2, 0) is 7.05 Å². The van der Waals surface area contributed by atoms with Gasteiger partial charge in [-0.2, -0.15) is 5.10 Å². The van der Waals surface area contributed by atoms with E-state index in [-0.39, 0.29) is 5.25 Å². The van der Waals surface area contributed by atoms with Crippen LogP contribution < -0.4 is 5.73 Å². The fourth-order valence-electron chi connectivity index (χ4n) is 1.64. The number of aryl methyl sites for hydroxylation is 2. The van der Waals surface area contributed by atoms with Gasteiger partial charge in [0.15, 0.2) is 0 Å². The van der Waals surface area contributed by atoms with Crippen molar-refractivity contribution in [2.75, 3.05) is 6.54 Å². The van der Waals surface area contributed by atoms with E-state index in [9.17, 15) is 0 Å². The molecular weight excluding hydrogens is 230 g/mol. The number of hydrogen-bond acceptors (Lipinski definition) is 3. The third-order valence-corrected chi connectivity index (χ3v) is 3.90. The van der Waals surface area contributed by atoms with Crippen molar-refractivity contribution < 1.29 is 0 Å². The average molecular weight is 247 g/mol. The summed E-state index contributed by atoms with van der Waals surface area (Å²) < 4.78 is 1.81. The molecule has 0 aliphatic heterocycles. The topological polar surface area (TPSA) is 43.8 Å². The van der Waals surface area contributed by atoms with Crippen molar-refractivity contribution in [2.24, 2.45) is 12.8 Å². The van der Waals surface area contributed by atoms with Crippen LogP contribution in [0.2, 0.25) is 0 Å². The van der Waals surface area contributed by atoms with Gasteiger partial charge in [0.05, 0.1) is 6.20 Å². The van der Waals surface area contributed by atoms with Gasteiger partial charge in [-0.1, -0.05) is 17.7 Å². The lowest BCUT2D eigenvalue weighted by Crippen LogP contribution is -2.08. The van der Waals surface area contributed by atoms with Crippen molar-refractivity contribution in [2.45, 2.75) is 17.1 Å². The first-order valence-electron chi connectivity index (χ1n) is 5.61. The molecule has 3 nitrogen and oxygen atoms in total. The Bertz CT molecular complexity index is 476. The molecule has 0 bridgehead atoms. The summed E-state index contributed by atoms with van der Waals surface area (Å²) in [4.78, 5) is 1.25. The van der Waals surface area contributed by atoms with Gasteiger partial charge in [-0.25, -0.2) is 0 Å². The molecule has 1 atom stereocenters. The lowest BCUT2D eigenvalue weighted by molar-refractivity contribution is 0.766. The highest BCUT2D eigenvalue weighted by Gasteiger charge is 2.12. The highest BCUT2D eigenvalue weighted by molar-refractivity contribution is 7.99. The van der Waals surface area contributed by atoms with Gasteiger partial charge in [-0.15, -0.1) is 11.8 Å². The smallest absolute Gasteiger partial charge is 0.0533 e. The van der Waals surface area contributed by atoms with E-state index in [0.29, 0.717) is 6.54 Å². The molecule has 2 N–H and O–H groups in total. The summed E-state index contributed by atoms with van der Waals surface area (Å²) in [5.74, 6) is 0. The standard InChI is InChI=1S/C13H17N3S/c1-10-3-5-12(6-4-10)17-13(7-14)11-8-15-16(2)9-11/h3-6,8-9,13H,7,14H2,1-2H3. The van der Waals surface area contributed by atoms with Gasteiger partial charge in [0, 0.05) is 35.5 Å². The van der Waals surface area contributed by atoms with Crippen LogP contribution in [-0.4, -0.2) is 16.3 Å². The first kappa shape index (κ1) is 12.2. The Kier molecular flexibility index (Phi) is 3.86. The molecule has 0 fully saturated rings. The normalized spacial score (nSPS) is 12.6. The molecule has 1 heterocycles. The molecule has 0 spiro atoms. The molecule has 90 valence electrons. The first-order valence-corrected chi connectivity index (χ1v) is 6.49. The largest absolute Gasteiger partial charge is 0.329 e. The summed E-state index contributed by atoms with van der Waals surface area (Å²) in [5, 5.41) is 4.46. The number of rotatable bonds is 4. The minimum absolute atomic E-state index is 0.270. The summed E-state index contributed by atoms with van der Waals surface area (Å²) in [5.41, 5.74) is 8.29. The lowest BCUT2D eigenvalue weighted by atomic mass is 10.2. The molecule has 0 aliphatic carbocycles. The lowest BCUT2D eigenvalue weighted by Gasteiger charge is -2.12. The third-order valence-electron chi connectivity index (χ3n) is 2.61. The fourth-order valence-corrected chi connectivity index (χ4v) is 2.62. The second kappa shape index (κ2) is 5.38. The van der Waals surface area contributed by atoms with Gasteiger partial charge in [-0.3, -0.25) is 4.68 Å². The number of hydrogen-bond donors (Lipinski definition) is 1. The van der Waals surface area contributed by atoms with Crippen LogP contribution in [0.4, 0.5) is 0 Å². The van der Waals surface area contributed by atoms with E-state index >= 15 is 0 Å². The summed E-state index contributed by atoms with van der Waals surface area (Å²) in [6, 6.07) is 8.52. The SMILES string of the molecule is Cc1ccc(SC(CN)c2cnn(C)c2)cc1. The minimum Gasteiger partial charge on any atom is -0.329 e. The van der Waals surface area contributed by atoms with E-state index in [1.807, 2.05) is 24.1 Å². The number of nitrogens with zero attached hydrogens (tertiary/aromatic N) is 2. The quantitative estimate of drug-likeness (QED) is 0.844. The minimum atomic E-state index is 0.270. The molecule has 2 rings (SSSR count).